The van der Waals surface area contributed by atoms with Gasteiger partial charge in [0.25, 0.3) is 0 Å². The zero-order valence-corrected chi connectivity index (χ0v) is 21.0. The minimum Gasteiger partial charge on any atom is -0.494 e. The molecule has 0 radical (unpaired) electrons. The van der Waals surface area contributed by atoms with Crippen LogP contribution in [0.4, 0.5) is 0 Å². The molecule has 1 aromatic heterocycles. The van der Waals surface area contributed by atoms with Gasteiger partial charge >= 0.3 is 5.91 Å². The summed E-state index contributed by atoms with van der Waals surface area (Å²) in [6.07, 6.45) is 1.44. The highest BCUT2D eigenvalue weighted by atomic mass is 35.5. The van der Waals surface area contributed by atoms with E-state index in [1.54, 1.807) is 42.5 Å². The highest BCUT2D eigenvalue weighted by molar-refractivity contribution is 6.32. The van der Waals surface area contributed by atoms with Crippen LogP contribution >= 0.6 is 11.6 Å². The molecule has 0 aliphatic rings. The van der Waals surface area contributed by atoms with E-state index in [1.807, 2.05) is 32.0 Å². The Hall–Kier alpha value is -4.48. The third kappa shape index (κ3) is 6.21. The number of carbonyl (C=O) groups is 1. The summed E-state index contributed by atoms with van der Waals surface area (Å²) in [5.41, 5.74) is 4.86. The summed E-state index contributed by atoms with van der Waals surface area (Å²) in [5, 5.41) is 14.4. The van der Waals surface area contributed by atoms with Gasteiger partial charge in [-0.15, -0.1) is 0 Å². The molecule has 1 amide bonds. The molecule has 9 heteroatoms. The molecule has 0 unspecified atom stereocenters. The summed E-state index contributed by atoms with van der Waals surface area (Å²) in [6, 6.07) is 19.6. The first-order valence-corrected chi connectivity index (χ1v) is 12.0. The zero-order valence-electron chi connectivity index (χ0n) is 20.3. The molecule has 37 heavy (non-hydrogen) atoms. The van der Waals surface area contributed by atoms with Crippen molar-refractivity contribution in [3.8, 4) is 23.3 Å². The second kappa shape index (κ2) is 12.0. The van der Waals surface area contributed by atoms with Crippen molar-refractivity contribution < 1.29 is 23.4 Å². The van der Waals surface area contributed by atoms with E-state index in [2.05, 4.69) is 16.6 Å². The predicted molar refractivity (Wildman–Crippen MR) is 141 cm³/mol. The Bertz CT molecular complexity index is 1490. The largest absolute Gasteiger partial charge is 0.494 e. The van der Waals surface area contributed by atoms with E-state index < -0.39 is 5.91 Å². The number of halogens is 1. The third-order valence-electron chi connectivity index (χ3n) is 5.24. The number of amides is 1. The van der Waals surface area contributed by atoms with Crippen LogP contribution in [0.2, 0.25) is 5.02 Å². The lowest BCUT2D eigenvalue weighted by Gasteiger charge is -2.15. The topological polar surface area (TPSA) is 106 Å². The van der Waals surface area contributed by atoms with Crippen LogP contribution < -0.4 is 19.6 Å². The molecular formula is C28H24ClN3O5. The van der Waals surface area contributed by atoms with Gasteiger partial charge in [-0.05, 0) is 61.9 Å². The molecule has 0 saturated heterocycles. The van der Waals surface area contributed by atoms with Gasteiger partial charge in [0.2, 0.25) is 0 Å². The van der Waals surface area contributed by atoms with Crippen LogP contribution in [0.25, 0.3) is 11.0 Å². The summed E-state index contributed by atoms with van der Waals surface area (Å²) in [6.45, 7) is 4.82. The minimum absolute atomic E-state index is 0.121. The maximum absolute atomic E-state index is 12.5. The number of nitriles is 1. The average molecular weight is 518 g/mol. The van der Waals surface area contributed by atoms with Gasteiger partial charge in [-0.3, -0.25) is 4.79 Å². The van der Waals surface area contributed by atoms with Gasteiger partial charge in [0.15, 0.2) is 17.3 Å². The third-order valence-corrected chi connectivity index (χ3v) is 5.52. The molecule has 1 heterocycles. The van der Waals surface area contributed by atoms with Crippen molar-refractivity contribution >= 4 is 34.7 Å². The van der Waals surface area contributed by atoms with Crippen LogP contribution in [0.5, 0.6) is 17.2 Å². The number of furan rings is 1. The summed E-state index contributed by atoms with van der Waals surface area (Å²) < 4.78 is 22.7. The Balaban J connectivity index is 1.46. The Morgan fingerprint density at radius 2 is 1.89 bits per heavy atom. The van der Waals surface area contributed by atoms with E-state index in [0.717, 1.165) is 10.9 Å². The lowest BCUT2D eigenvalue weighted by molar-refractivity contribution is 0.0929. The first-order chi connectivity index (χ1) is 18.0. The fraction of sp³-hybridized carbons (Fsp3) is 0.179. The van der Waals surface area contributed by atoms with Gasteiger partial charge in [-0.1, -0.05) is 29.8 Å². The van der Waals surface area contributed by atoms with Gasteiger partial charge in [-0.2, -0.15) is 10.4 Å². The van der Waals surface area contributed by atoms with E-state index >= 15 is 0 Å². The fourth-order valence-corrected chi connectivity index (χ4v) is 3.85. The Morgan fingerprint density at radius 3 is 2.68 bits per heavy atom. The van der Waals surface area contributed by atoms with Gasteiger partial charge < -0.3 is 18.6 Å². The number of hydrogen-bond donors (Lipinski definition) is 1. The molecule has 4 aromatic rings. The predicted octanol–water partition coefficient (Wildman–Crippen LogP) is 6.10. The van der Waals surface area contributed by atoms with Crippen LogP contribution in [0.15, 0.2) is 70.2 Å². The Kier molecular flexibility index (Phi) is 8.29. The summed E-state index contributed by atoms with van der Waals surface area (Å²) >= 11 is 6.48. The van der Waals surface area contributed by atoms with Crippen molar-refractivity contribution in [2.45, 2.75) is 20.5 Å². The number of ether oxygens (including phenoxy) is 3. The van der Waals surface area contributed by atoms with E-state index in [4.69, 9.17) is 30.2 Å². The quantitative estimate of drug-likeness (QED) is 0.201. The summed E-state index contributed by atoms with van der Waals surface area (Å²) in [5.74, 6) is 1.09. The number of nitrogens with one attached hydrogen (secondary N) is 1. The standard InChI is InChI=1S/C28H24ClN3O5/c1-3-34-22-9-10-24-21(13-22)14-26(37-24)28(33)32-31-16-18-11-23(29)27(25(12-18)35-4-2)36-17-20-8-6-5-7-19(20)15-30/h5-14,16H,3-4,17H2,1-2H3,(H,32,33)/b31-16+. The van der Waals surface area contributed by atoms with E-state index in [0.29, 0.717) is 52.2 Å². The molecule has 0 aliphatic heterocycles. The monoisotopic (exact) mass is 517 g/mol. The number of hydrazone groups is 1. The number of fused-ring (bicyclic) bond motifs is 1. The van der Waals surface area contributed by atoms with Gasteiger partial charge in [0, 0.05) is 10.9 Å². The molecule has 188 valence electrons. The first-order valence-electron chi connectivity index (χ1n) is 11.6. The molecule has 0 saturated carbocycles. The molecule has 0 fully saturated rings. The van der Waals surface area contributed by atoms with Crippen LogP contribution in [0, 0.1) is 11.3 Å². The fourth-order valence-electron chi connectivity index (χ4n) is 3.58. The Morgan fingerprint density at radius 1 is 1.08 bits per heavy atom. The summed E-state index contributed by atoms with van der Waals surface area (Å²) in [4.78, 5) is 12.5. The van der Waals surface area contributed by atoms with Crippen molar-refractivity contribution in [1.82, 2.24) is 5.43 Å². The maximum Gasteiger partial charge on any atom is 0.307 e. The van der Waals surface area contributed by atoms with E-state index in [-0.39, 0.29) is 12.4 Å². The number of benzene rings is 3. The maximum atomic E-state index is 12.5. The van der Waals surface area contributed by atoms with Gasteiger partial charge in [0.1, 0.15) is 17.9 Å². The van der Waals surface area contributed by atoms with Crippen molar-refractivity contribution in [3.05, 3.63) is 88.1 Å². The minimum atomic E-state index is -0.502. The molecule has 1 N–H and O–H groups in total. The van der Waals surface area contributed by atoms with Crippen LogP contribution in [0.1, 0.15) is 41.1 Å². The lowest BCUT2D eigenvalue weighted by atomic mass is 10.1. The average Bonchev–Trinajstić information content (AvgIpc) is 3.32. The molecule has 0 bridgehead atoms. The summed E-state index contributed by atoms with van der Waals surface area (Å²) in [7, 11) is 0. The highest BCUT2D eigenvalue weighted by Gasteiger charge is 2.15. The number of hydrogen-bond acceptors (Lipinski definition) is 7. The van der Waals surface area contributed by atoms with E-state index in [1.165, 1.54) is 6.21 Å². The smallest absolute Gasteiger partial charge is 0.307 e. The lowest BCUT2D eigenvalue weighted by Crippen LogP contribution is -2.16. The number of carbonyl (C=O) groups excluding carboxylic acids is 1. The van der Waals surface area contributed by atoms with Crippen LogP contribution in [-0.4, -0.2) is 25.3 Å². The molecule has 0 atom stereocenters. The van der Waals surface area contributed by atoms with Gasteiger partial charge in [-0.25, -0.2) is 5.43 Å². The molecule has 4 rings (SSSR count). The van der Waals surface area contributed by atoms with Crippen molar-refractivity contribution in [1.29, 1.82) is 5.26 Å². The Labute approximate surface area is 219 Å². The van der Waals surface area contributed by atoms with E-state index in [9.17, 15) is 10.1 Å². The number of rotatable bonds is 10. The van der Waals surface area contributed by atoms with Crippen molar-refractivity contribution in [2.75, 3.05) is 13.2 Å². The van der Waals surface area contributed by atoms with Crippen molar-refractivity contribution in [3.63, 3.8) is 0 Å². The van der Waals surface area contributed by atoms with Crippen LogP contribution in [-0.2, 0) is 6.61 Å². The van der Waals surface area contributed by atoms with Crippen molar-refractivity contribution in [2.24, 2.45) is 5.10 Å². The zero-order chi connectivity index (χ0) is 26.2. The second-order valence-corrected chi connectivity index (χ2v) is 8.17. The first kappa shape index (κ1) is 25.6. The second-order valence-electron chi connectivity index (χ2n) is 7.76. The molecule has 0 spiro atoms. The highest BCUT2D eigenvalue weighted by Crippen LogP contribution is 2.37. The number of nitrogens with zero attached hydrogens (tertiary/aromatic N) is 2. The molecular weight excluding hydrogens is 494 g/mol. The van der Waals surface area contributed by atoms with Crippen LogP contribution in [0.3, 0.4) is 0 Å². The van der Waals surface area contributed by atoms with Gasteiger partial charge in [0.05, 0.1) is 36.1 Å². The SMILES string of the molecule is CCOc1ccc2oc(C(=O)N/N=C/c3cc(Cl)c(OCc4ccccc4C#N)c(OCC)c3)cc2c1. The molecule has 8 nitrogen and oxygen atoms in total. The molecule has 0 aliphatic carbocycles. The normalized spacial score (nSPS) is 10.9. The molecule has 3 aromatic carbocycles.